The number of nitrogens with one attached hydrogen (secondary N) is 2. The first kappa shape index (κ1) is 21.9. The van der Waals surface area contributed by atoms with Crippen molar-refractivity contribution in [2.75, 3.05) is 18.5 Å². The lowest BCUT2D eigenvalue weighted by atomic mass is 10.1. The van der Waals surface area contributed by atoms with Gasteiger partial charge in [0.2, 0.25) is 5.89 Å². The molecule has 0 bridgehead atoms. The Morgan fingerprint density at radius 3 is 2.59 bits per heavy atom. The van der Waals surface area contributed by atoms with Crippen molar-refractivity contribution in [1.29, 1.82) is 0 Å². The Labute approximate surface area is 194 Å². The molecule has 0 saturated carbocycles. The maximum atomic E-state index is 12.7. The van der Waals surface area contributed by atoms with E-state index in [9.17, 15) is 14.4 Å². The van der Waals surface area contributed by atoms with Crippen molar-refractivity contribution in [2.45, 2.75) is 51.2 Å². The number of oxazole rings is 1. The second kappa shape index (κ2) is 9.12. The minimum atomic E-state index is -0.438. The molecule has 2 fully saturated rings. The highest BCUT2D eigenvalue weighted by Crippen LogP contribution is 2.34. The van der Waals surface area contributed by atoms with Crippen LogP contribution >= 0.6 is 0 Å². The Balaban J connectivity index is 1.45. The zero-order chi connectivity index (χ0) is 23.7. The minimum Gasteiger partial charge on any atom is -0.466 e. The van der Waals surface area contributed by atoms with E-state index >= 15 is 0 Å². The van der Waals surface area contributed by atoms with E-state index in [1.165, 1.54) is 6.26 Å². The monoisotopic (exact) mass is 468 g/mol. The van der Waals surface area contributed by atoms with Crippen LogP contribution in [0, 0.1) is 0 Å². The van der Waals surface area contributed by atoms with Crippen LogP contribution in [0.15, 0.2) is 23.1 Å². The van der Waals surface area contributed by atoms with Gasteiger partial charge in [0.25, 0.3) is 5.91 Å². The predicted molar refractivity (Wildman–Crippen MR) is 118 cm³/mol. The lowest BCUT2D eigenvalue weighted by Gasteiger charge is -2.24. The first-order valence-corrected chi connectivity index (χ1v) is 11.2. The highest BCUT2D eigenvalue weighted by atomic mass is 16.5. The Morgan fingerprint density at radius 2 is 1.85 bits per heavy atom. The maximum absolute atomic E-state index is 12.7. The lowest BCUT2D eigenvalue weighted by molar-refractivity contribution is -0.148. The number of hydrogen-bond donors (Lipinski definition) is 2. The first-order valence-electron chi connectivity index (χ1n) is 11.2. The maximum Gasteiger partial charge on any atom is 0.307 e. The Morgan fingerprint density at radius 1 is 1.12 bits per heavy atom. The standard InChI is InChI=1S/C22H24N6O6/c1-2-28-20-14(10-24-28)19(25-12-3-5-32-17(29)7-12)15(9-23-20)22-27-16(11-34-22)21(31)26-13-4-6-33-18(30)8-13/h9-13H,2-8H2,1H3,(H,23,25)(H,26,31). The van der Waals surface area contributed by atoms with Crippen molar-refractivity contribution in [3.63, 3.8) is 0 Å². The van der Waals surface area contributed by atoms with Gasteiger partial charge in [-0.2, -0.15) is 5.10 Å². The van der Waals surface area contributed by atoms with E-state index in [0.717, 1.165) is 5.39 Å². The van der Waals surface area contributed by atoms with Crippen LogP contribution < -0.4 is 10.6 Å². The summed E-state index contributed by atoms with van der Waals surface area (Å²) in [5, 5.41) is 11.4. The molecule has 12 nitrogen and oxygen atoms in total. The molecule has 2 aliphatic rings. The number of rotatable bonds is 6. The number of carbonyl (C=O) groups excluding carboxylic acids is 3. The zero-order valence-electron chi connectivity index (χ0n) is 18.6. The fraction of sp³-hybridized carbons (Fsp3) is 0.455. The van der Waals surface area contributed by atoms with E-state index in [-0.39, 0.29) is 55.1 Å². The highest BCUT2D eigenvalue weighted by molar-refractivity contribution is 5.98. The third-order valence-corrected chi connectivity index (χ3v) is 5.90. The van der Waals surface area contributed by atoms with Crippen molar-refractivity contribution in [2.24, 2.45) is 0 Å². The van der Waals surface area contributed by atoms with Crippen LogP contribution in [0.1, 0.15) is 43.1 Å². The number of carbonyl (C=O) groups is 3. The van der Waals surface area contributed by atoms with Gasteiger partial charge in [0.05, 0.1) is 48.9 Å². The smallest absolute Gasteiger partial charge is 0.307 e. The van der Waals surface area contributed by atoms with Crippen LogP contribution in [-0.2, 0) is 25.6 Å². The molecule has 2 saturated heterocycles. The largest absolute Gasteiger partial charge is 0.466 e. The quantitative estimate of drug-likeness (QED) is 0.511. The second-order valence-corrected chi connectivity index (χ2v) is 8.22. The van der Waals surface area contributed by atoms with Crippen LogP contribution in [0.5, 0.6) is 0 Å². The summed E-state index contributed by atoms with van der Waals surface area (Å²) in [6.07, 6.45) is 6.14. The number of nitrogens with zero attached hydrogens (tertiary/aromatic N) is 4. The second-order valence-electron chi connectivity index (χ2n) is 8.22. The summed E-state index contributed by atoms with van der Waals surface area (Å²) in [5.41, 5.74) is 1.99. The van der Waals surface area contributed by atoms with Gasteiger partial charge in [-0.25, -0.2) is 14.6 Å². The summed E-state index contributed by atoms with van der Waals surface area (Å²) in [6.45, 7) is 3.22. The molecule has 1 amide bonds. The number of amides is 1. The number of anilines is 1. The number of hydrogen-bond acceptors (Lipinski definition) is 10. The summed E-state index contributed by atoms with van der Waals surface area (Å²) in [4.78, 5) is 44.9. The van der Waals surface area contributed by atoms with E-state index < -0.39 is 5.91 Å². The topological polar surface area (TPSA) is 150 Å². The molecule has 3 aromatic rings. The van der Waals surface area contributed by atoms with Gasteiger partial charge < -0.3 is 24.5 Å². The van der Waals surface area contributed by atoms with E-state index in [0.29, 0.717) is 42.9 Å². The Bertz CT molecular complexity index is 1250. The van der Waals surface area contributed by atoms with Gasteiger partial charge in [-0.05, 0) is 6.92 Å². The third kappa shape index (κ3) is 4.30. The Kier molecular flexibility index (Phi) is 5.86. The average Bonchev–Trinajstić information content (AvgIpc) is 3.47. The van der Waals surface area contributed by atoms with Gasteiger partial charge >= 0.3 is 11.9 Å². The fourth-order valence-electron chi connectivity index (χ4n) is 4.14. The molecule has 0 aromatic carbocycles. The number of fused-ring (bicyclic) bond motifs is 1. The molecule has 5 rings (SSSR count). The Hall–Kier alpha value is -3.96. The highest BCUT2D eigenvalue weighted by Gasteiger charge is 2.27. The molecular formula is C22H24N6O6. The molecule has 2 aliphatic heterocycles. The molecule has 0 radical (unpaired) electrons. The van der Waals surface area contributed by atoms with Crippen molar-refractivity contribution in [3.05, 3.63) is 24.4 Å². The number of ether oxygens (including phenoxy) is 2. The predicted octanol–water partition coefficient (Wildman–Crippen LogP) is 1.66. The van der Waals surface area contributed by atoms with E-state index in [1.54, 1.807) is 17.1 Å². The minimum absolute atomic E-state index is 0.0884. The number of aryl methyl sites for hydroxylation is 1. The van der Waals surface area contributed by atoms with E-state index in [1.807, 2.05) is 6.92 Å². The lowest BCUT2D eigenvalue weighted by Crippen LogP contribution is -2.40. The molecule has 178 valence electrons. The van der Waals surface area contributed by atoms with Gasteiger partial charge in [-0.1, -0.05) is 0 Å². The molecule has 12 heteroatoms. The molecule has 3 aromatic heterocycles. The van der Waals surface area contributed by atoms with Gasteiger partial charge in [-0.15, -0.1) is 0 Å². The number of aromatic nitrogens is 4. The number of cyclic esters (lactones) is 2. The van der Waals surface area contributed by atoms with Crippen LogP contribution in [-0.4, -0.2) is 62.9 Å². The summed E-state index contributed by atoms with van der Waals surface area (Å²) in [5.74, 6) is -0.840. The SMILES string of the molecule is CCn1ncc2c(NC3CCOC(=O)C3)c(-c3nc(C(=O)NC4CCOC(=O)C4)co3)cnc21. The summed E-state index contributed by atoms with van der Waals surface area (Å²) in [6, 6.07) is -0.450. The van der Waals surface area contributed by atoms with Gasteiger partial charge in [0.1, 0.15) is 6.26 Å². The third-order valence-electron chi connectivity index (χ3n) is 5.90. The van der Waals surface area contributed by atoms with Crippen molar-refractivity contribution in [3.8, 4) is 11.5 Å². The summed E-state index contributed by atoms with van der Waals surface area (Å²) < 4.78 is 17.4. The molecule has 0 spiro atoms. The molecule has 5 heterocycles. The average molecular weight is 468 g/mol. The number of pyridine rings is 1. The van der Waals surface area contributed by atoms with Crippen LogP contribution in [0.2, 0.25) is 0 Å². The van der Waals surface area contributed by atoms with Crippen LogP contribution in [0.3, 0.4) is 0 Å². The van der Waals surface area contributed by atoms with Crippen LogP contribution in [0.4, 0.5) is 5.69 Å². The first-order chi connectivity index (χ1) is 16.5. The van der Waals surface area contributed by atoms with E-state index in [2.05, 4.69) is 25.7 Å². The normalized spacial score (nSPS) is 20.6. The molecule has 2 atom stereocenters. The zero-order valence-corrected chi connectivity index (χ0v) is 18.6. The van der Waals surface area contributed by atoms with Crippen molar-refractivity contribution >= 4 is 34.6 Å². The van der Waals surface area contributed by atoms with E-state index in [4.69, 9.17) is 13.9 Å². The molecular weight excluding hydrogens is 444 g/mol. The van der Waals surface area contributed by atoms with Crippen LogP contribution in [0.25, 0.3) is 22.5 Å². The molecule has 0 aliphatic carbocycles. The fourth-order valence-corrected chi connectivity index (χ4v) is 4.14. The summed E-state index contributed by atoms with van der Waals surface area (Å²) >= 11 is 0. The van der Waals surface area contributed by atoms with Crippen molar-refractivity contribution in [1.82, 2.24) is 25.1 Å². The molecule has 34 heavy (non-hydrogen) atoms. The van der Waals surface area contributed by atoms with Gasteiger partial charge in [0, 0.05) is 37.7 Å². The molecule has 2 unspecified atom stereocenters. The number of esters is 2. The van der Waals surface area contributed by atoms with Gasteiger partial charge in [0.15, 0.2) is 11.3 Å². The van der Waals surface area contributed by atoms with Crippen molar-refractivity contribution < 1.29 is 28.3 Å². The summed E-state index contributed by atoms with van der Waals surface area (Å²) in [7, 11) is 0. The van der Waals surface area contributed by atoms with Gasteiger partial charge in [-0.3, -0.25) is 14.4 Å². The molecule has 2 N–H and O–H groups in total.